The van der Waals surface area contributed by atoms with Crippen molar-refractivity contribution in [2.45, 2.75) is 39.2 Å². The molecule has 0 radical (unpaired) electrons. The predicted octanol–water partition coefficient (Wildman–Crippen LogP) is 2.27. The summed E-state index contributed by atoms with van der Waals surface area (Å²) in [4.78, 5) is 2.58. The molecule has 0 aliphatic carbocycles. The maximum atomic E-state index is 3.80. The lowest BCUT2D eigenvalue weighted by Gasteiger charge is -2.32. The molecule has 0 bridgehead atoms. The van der Waals surface area contributed by atoms with Crippen molar-refractivity contribution in [3.63, 3.8) is 0 Å². The topological polar surface area (TPSA) is 15.3 Å². The molecule has 1 fully saturated rings. The van der Waals surface area contributed by atoms with Gasteiger partial charge in [-0.25, -0.2) is 0 Å². The van der Waals surface area contributed by atoms with E-state index in [1.54, 1.807) is 0 Å². The van der Waals surface area contributed by atoms with E-state index >= 15 is 0 Å². The van der Waals surface area contributed by atoms with Crippen LogP contribution in [-0.4, -0.2) is 37.1 Å². The molecule has 0 spiro atoms. The van der Waals surface area contributed by atoms with Gasteiger partial charge < -0.3 is 10.2 Å². The molecule has 1 heterocycles. The molecule has 0 aromatic heterocycles. The fraction of sp³-hybridized carbons (Fsp3) is 0.846. The maximum absolute atomic E-state index is 3.80. The highest BCUT2D eigenvalue weighted by atomic mass is 15.1. The van der Waals surface area contributed by atoms with Gasteiger partial charge in [-0.05, 0) is 52.1 Å². The highest BCUT2D eigenvalue weighted by Gasteiger charge is 2.17. The lowest BCUT2D eigenvalue weighted by Crippen LogP contribution is -2.41. The first-order chi connectivity index (χ1) is 7.24. The summed E-state index contributed by atoms with van der Waals surface area (Å²) >= 11 is 0. The van der Waals surface area contributed by atoms with Crippen molar-refractivity contribution in [3.05, 3.63) is 12.7 Å². The molecule has 0 aromatic rings. The molecule has 1 aliphatic rings. The second kappa shape index (κ2) is 7.02. The van der Waals surface area contributed by atoms with Gasteiger partial charge in [-0.2, -0.15) is 0 Å². The summed E-state index contributed by atoms with van der Waals surface area (Å²) in [5.41, 5.74) is 0. The van der Waals surface area contributed by atoms with Crippen molar-refractivity contribution < 1.29 is 0 Å². The van der Waals surface area contributed by atoms with Gasteiger partial charge in [-0.1, -0.05) is 6.08 Å². The maximum Gasteiger partial charge on any atom is 0.00388 e. The SMILES string of the molecule is C=CCCN(CC1CCCNC1)C(C)C. The summed E-state index contributed by atoms with van der Waals surface area (Å²) in [6, 6.07) is 0.659. The van der Waals surface area contributed by atoms with Crippen molar-refractivity contribution in [2.75, 3.05) is 26.2 Å². The van der Waals surface area contributed by atoms with E-state index in [9.17, 15) is 0 Å². The molecule has 88 valence electrons. The van der Waals surface area contributed by atoms with Crippen LogP contribution in [0.1, 0.15) is 33.1 Å². The van der Waals surface area contributed by atoms with Gasteiger partial charge in [0.15, 0.2) is 0 Å². The second-order valence-electron chi connectivity index (χ2n) is 4.88. The molecule has 2 heteroatoms. The number of hydrogen-bond donors (Lipinski definition) is 1. The van der Waals surface area contributed by atoms with Gasteiger partial charge in [0.05, 0.1) is 0 Å². The van der Waals surface area contributed by atoms with Crippen LogP contribution in [-0.2, 0) is 0 Å². The molecule has 1 atom stereocenters. The Morgan fingerprint density at radius 1 is 1.53 bits per heavy atom. The first-order valence-corrected chi connectivity index (χ1v) is 6.29. The molecule has 15 heavy (non-hydrogen) atoms. The van der Waals surface area contributed by atoms with Gasteiger partial charge >= 0.3 is 0 Å². The van der Waals surface area contributed by atoms with E-state index in [2.05, 4.69) is 30.6 Å². The number of nitrogens with one attached hydrogen (secondary N) is 1. The van der Waals surface area contributed by atoms with Gasteiger partial charge in [0.1, 0.15) is 0 Å². The smallest absolute Gasteiger partial charge is 0.00388 e. The summed E-state index contributed by atoms with van der Waals surface area (Å²) in [5, 5.41) is 3.49. The minimum Gasteiger partial charge on any atom is -0.316 e. The Morgan fingerprint density at radius 3 is 2.87 bits per heavy atom. The molecule has 0 saturated carbocycles. The van der Waals surface area contributed by atoms with Crippen molar-refractivity contribution in [3.8, 4) is 0 Å². The van der Waals surface area contributed by atoms with Gasteiger partial charge in [0.25, 0.3) is 0 Å². The summed E-state index contributed by atoms with van der Waals surface area (Å²) < 4.78 is 0. The predicted molar refractivity (Wildman–Crippen MR) is 67.1 cm³/mol. The van der Waals surface area contributed by atoms with Crippen LogP contribution in [0, 0.1) is 5.92 Å². The molecule has 1 N–H and O–H groups in total. The third-order valence-electron chi connectivity index (χ3n) is 3.24. The normalized spacial score (nSPS) is 22.3. The number of rotatable bonds is 6. The fourth-order valence-corrected chi connectivity index (χ4v) is 2.23. The standard InChI is InChI=1S/C13H26N2/c1-4-5-9-15(12(2)3)11-13-7-6-8-14-10-13/h4,12-14H,1,5-11H2,2-3H3. The second-order valence-corrected chi connectivity index (χ2v) is 4.88. The Bertz CT molecular complexity index is 171. The van der Waals surface area contributed by atoms with E-state index in [1.807, 2.05) is 6.08 Å². The van der Waals surface area contributed by atoms with Gasteiger partial charge in [-0.15, -0.1) is 6.58 Å². The van der Waals surface area contributed by atoms with Gasteiger partial charge in [0.2, 0.25) is 0 Å². The van der Waals surface area contributed by atoms with E-state index in [0.717, 1.165) is 18.9 Å². The largest absolute Gasteiger partial charge is 0.316 e. The molecule has 1 unspecified atom stereocenters. The summed E-state index contributed by atoms with van der Waals surface area (Å²) in [6.07, 6.45) is 5.87. The highest BCUT2D eigenvalue weighted by molar-refractivity contribution is 4.77. The highest BCUT2D eigenvalue weighted by Crippen LogP contribution is 2.13. The molecule has 2 nitrogen and oxygen atoms in total. The van der Waals surface area contributed by atoms with Crippen LogP contribution in [0.15, 0.2) is 12.7 Å². The lowest BCUT2D eigenvalue weighted by molar-refractivity contribution is 0.174. The van der Waals surface area contributed by atoms with E-state index < -0.39 is 0 Å². The van der Waals surface area contributed by atoms with Crippen LogP contribution in [0.3, 0.4) is 0 Å². The molecule has 1 aliphatic heterocycles. The average Bonchev–Trinajstić information content (AvgIpc) is 2.25. The Kier molecular flexibility index (Phi) is 5.96. The third-order valence-corrected chi connectivity index (χ3v) is 3.24. The zero-order valence-electron chi connectivity index (χ0n) is 10.3. The zero-order chi connectivity index (χ0) is 11.1. The molecule has 0 aromatic carbocycles. The Labute approximate surface area is 94.7 Å². The van der Waals surface area contributed by atoms with Crippen molar-refractivity contribution in [2.24, 2.45) is 5.92 Å². The van der Waals surface area contributed by atoms with Crippen LogP contribution in [0.5, 0.6) is 0 Å². The Balaban J connectivity index is 2.31. The van der Waals surface area contributed by atoms with Gasteiger partial charge in [-0.3, -0.25) is 0 Å². The minimum absolute atomic E-state index is 0.659. The van der Waals surface area contributed by atoms with Crippen LogP contribution in [0.4, 0.5) is 0 Å². The van der Waals surface area contributed by atoms with Crippen LogP contribution in [0.2, 0.25) is 0 Å². The fourth-order valence-electron chi connectivity index (χ4n) is 2.23. The molecule has 1 rings (SSSR count). The van der Waals surface area contributed by atoms with Crippen LogP contribution in [0.25, 0.3) is 0 Å². The van der Waals surface area contributed by atoms with E-state index in [4.69, 9.17) is 0 Å². The number of nitrogens with zero attached hydrogens (tertiary/aromatic N) is 1. The summed E-state index contributed by atoms with van der Waals surface area (Å²) in [5.74, 6) is 0.853. The molecular weight excluding hydrogens is 184 g/mol. The van der Waals surface area contributed by atoms with Gasteiger partial charge in [0, 0.05) is 19.1 Å². The van der Waals surface area contributed by atoms with E-state index in [0.29, 0.717) is 6.04 Å². The summed E-state index contributed by atoms with van der Waals surface area (Å²) in [6.45, 7) is 13.2. The van der Waals surface area contributed by atoms with Crippen molar-refractivity contribution in [1.29, 1.82) is 0 Å². The average molecular weight is 210 g/mol. The lowest BCUT2D eigenvalue weighted by atomic mass is 9.98. The molecule has 1 saturated heterocycles. The monoisotopic (exact) mass is 210 g/mol. The quantitative estimate of drug-likeness (QED) is 0.677. The first-order valence-electron chi connectivity index (χ1n) is 6.29. The number of hydrogen-bond acceptors (Lipinski definition) is 2. The zero-order valence-corrected chi connectivity index (χ0v) is 10.3. The Hall–Kier alpha value is -0.340. The third kappa shape index (κ3) is 4.80. The van der Waals surface area contributed by atoms with E-state index in [-0.39, 0.29) is 0 Å². The van der Waals surface area contributed by atoms with Crippen LogP contribution < -0.4 is 5.32 Å². The van der Waals surface area contributed by atoms with Crippen molar-refractivity contribution >= 4 is 0 Å². The van der Waals surface area contributed by atoms with E-state index in [1.165, 1.54) is 32.5 Å². The molecular formula is C13H26N2. The number of piperidine rings is 1. The van der Waals surface area contributed by atoms with Crippen molar-refractivity contribution in [1.82, 2.24) is 10.2 Å². The molecule has 0 amide bonds. The summed E-state index contributed by atoms with van der Waals surface area (Å²) in [7, 11) is 0. The van der Waals surface area contributed by atoms with Crippen LogP contribution >= 0.6 is 0 Å². The first kappa shape index (κ1) is 12.7. The minimum atomic E-state index is 0.659. The Morgan fingerprint density at radius 2 is 2.33 bits per heavy atom.